The molecule has 1 fully saturated rings. The number of carboxylic acid groups (broad SMARTS) is 1. The molecular weight excluding hydrogens is 246 g/mol. The zero-order chi connectivity index (χ0) is 13.7. The first-order valence-corrected chi connectivity index (χ1v) is 6.30. The molecule has 0 unspecified atom stereocenters. The van der Waals surface area contributed by atoms with Crippen LogP contribution in [0, 0.1) is 5.41 Å². The number of carboxylic acids is 1. The molecule has 102 valence electrons. The van der Waals surface area contributed by atoms with E-state index >= 15 is 0 Å². The Hall–Kier alpha value is -1.88. The molecule has 1 aromatic carbocycles. The molecule has 0 radical (unpaired) electrons. The molecule has 0 spiro atoms. The first-order valence-electron chi connectivity index (χ1n) is 6.30. The van der Waals surface area contributed by atoms with E-state index in [-0.39, 0.29) is 13.2 Å². The van der Waals surface area contributed by atoms with Gasteiger partial charge in [0.15, 0.2) is 5.41 Å². The van der Waals surface area contributed by atoms with E-state index < -0.39 is 17.4 Å². The van der Waals surface area contributed by atoms with Gasteiger partial charge >= 0.3 is 11.9 Å². The summed E-state index contributed by atoms with van der Waals surface area (Å²) in [7, 11) is 0. The van der Waals surface area contributed by atoms with E-state index in [0.29, 0.717) is 12.8 Å². The van der Waals surface area contributed by atoms with E-state index in [1.54, 1.807) is 0 Å². The van der Waals surface area contributed by atoms with E-state index in [1.165, 1.54) is 0 Å². The predicted molar refractivity (Wildman–Crippen MR) is 68.4 cm³/mol. The molecule has 0 aliphatic carbocycles. The van der Waals surface area contributed by atoms with Crippen LogP contribution in [0.2, 0.25) is 0 Å². The fourth-order valence-electron chi connectivity index (χ4n) is 2.21. The molecule has 0 aromatic heterocycles. The number of piperidine rings is 1. The summed E-state index contributed by atoms with van der Waals surface area (Å²) in [6, 6.07) is 9.23. The van der Waals surface area contributed by atoms with Gasteiger partial charge in [-0.05, 0) is 24.9 Å². The summed E-state index contributed by atoms with van der Waals surface area (Å²) >= 11 is 0. The van der Waals surface area contributed by atoms with Gasteiger partial charge in [-0.3, -0.25) is 9.59 Å². The third kappa shape index (κ3) is 2.93. The van der Waals surface area contributed by atoms with Gasteiger partial charge in [-0.2, -0.15) is 0 Å². The van der Waals surface area contributed by atoms with Crippen LogP contribution in [0.4, 0.5) is 0 Å². The second kappa shape index (κ2) is 5.84. The van der Waals surface area contributed by atoms with Crippen molar-refractivity contribution >= 4 is 11.9 Å². The maximum absolute atomic E-state index is 12.1. The Balaban J connectivity index is 2.02. The highest BCUT2D eigenvalue weighted by Gasteiger charge is 2.48. The van der Waals surface area contributed by atoms with Crippen molar-refractivity contribution in [2.75, 3.05) is 13.1 Å². The summed E-state index contributed by atoms with van der Waals surface area (Å²) in [6.45, 7) is 0.978. The van der Waals surface area contributed by atoms with Crippen LogP contribution in [0.15, 0.2) is 30.3 Å². The highest BCUT2D eigenvalue weighted by molar-refractivity contribution is 5.99. The molecule has 0 amide bonds. The summed E-state index contributed by atoms with van der Waals surface area (Å²) in [4.78, 5) is 23.5. The molecule has 5 nitrogen and oxygen atoms in total. The molecule has 1 heterocycles. The molecule has 19 heavy (non-hydrogen) atoms. The maximum atomic E-state index is 12.1. The Bertz CT molecular complexity index is 452. The van der Waals surface area contributed by atoms with Crippen molar-refractivity contribution in [2.24, 2.45) is 5.41 Å². The van der Waals surface area contributed by atoms with E-state index in [0.717, 1.165) is 12.1 Å². The second-order valence-corrected chi connectivity index (χ2v) is 4.73. The number of esters is 1. The smallest absolute Gasteiger partial charge is 0.325 e. The summed E-state index contributed by atoms with van der Waals surface area (Å²) in [5.41, 5.74) is -0.590. The monoisotopic (exact) mass is 263 g/mol. The van der Waals surface area contributed by atoms with Gasteiger partial charge in [-0.25, -0.2) is 0 Å². The molecular formula is C14H17NO4. The number of carbonyl (C=O) groups is 2. The Morgan fingerprint density at radius 2 is 2.05 bits per heavy atom. The zero-order valence-electron chi connectivity index (χ0n) is 10.6. The van der Waals surface area contributed by atoms with Crippen LogP contribution in [0.3, 0.4) is 0 Å². The average molecular weight is 263 g/mol. The highest BCUT2D eigenvalue weighted by Crippen LogP contribution is 2.28. The van der Waals surface area contributed by atoms with Crippen LogP contribution >= 0.6 is 0 Å². The summed E-state index contributed by atoms with van der Waals surface area (Å²) in [6.07, 6.45) is 0.982. The van der Waals surface area contributed by atoms with E-state index in [4.69, 9.17) is 4.74 Å². The number of carbonyl (C=O) groups excluding carboxylic acids is 1. The lowest BCUT2D eigenvalue weighted by Crippen LogP contribution is -2.51. The number of hydrogen-bond acceptors (Lipinski definition) is 4. The fourth-order valence-corrected chi connectivity index (χ4v) is 2.21. The van der Waals surface area contributed by atoms with Gasteiger partial charge in [0.1, 0.15) is 6.61 Å². The molecule has 2 N–H and O–H groups in total. The minimum absolute atomic E-state index is 0.106. The predicted octanol–water partition coefficient (Wildman–Crippen LogP) is 1.18. The lowest BCUT2D eigenvalue weighted by atomic mass is 9.81. The van der Waals surface area contributed by atoms with Gasteiger partial charge in [0.25, 0.3) is 0 Å². The molecule has 1 aliphatic heterocycles. The van der Waals surface area contributed by atoms with E-state index in [9.17, 15) is 14.7 Å². The maximum Gasteiger partial charge on any atom is 0.325 e. The lowest BCUT2D eigenvalue weighted by Gasteiger charge is -2.31. The summed E-state index contributed by atoms with van der Waals surface area (Å²) in [5.74, 6) is -1.77. The van der Waals surface area contributed by atoms with Crippen molar-refractivity contribution < 1.29 is 19.4 Å². The molecule has 5 heteroatoms. The Morgan fingerprint density at radius 3 is 2.63 bits per heavy atom. The minimum atomic E-state index is -1.44. The second-order valence-electron chi connectivity index (χ2n) is 4.73. The molecule has 1 atom stereocenters. The van der Waals surface area contributed by atoms with Crippen LogP contribution in [0.25, 0.3) is 0 Å². The average Bonchev–Trinajstić information content (AvgIpc) is 2.46. The lowest BCUT2D eigenvalue weighted by molar-refractivity contribution is -0.171. The first-order chi connectivity index (χ1) is 9.15. The van der Waals surface area contributed by atoms with Gasteiger partial charge in [0.05, 0.1) is 0 Å². The van der Waals surface area contributed by atoms with Gasteiger partial charge in [0, 0.05) is 6.54 Å². The number of benzene rings is 1. The summed E-state index contributed by atoms with van der Waals surface area (Å²) < 4.78 is 5.17. The molecule has 1 aliphatic rings. The Labute approximate surface area is 111 Å². The van der Waals surface area contributed by atoms with Crippen molar-refractivity contribution in [1.29, 1.82) is 0 Å². The van der Waals surface area contributed by atoms with Crippen molar-refractivity contribution in [3.63, 3.8) is 0 Å². The van der Waals surface area contributed by atoms with Gasteiger partial charge in [-0.1, -0.05) is 30.3 Å². The number of hydrogen-bond donors (Lipinski definition) is 2. The third-order valence-corrected chi connectivity index (χ3v) is 3.40. The quantitative estimate of drug-likeness (QED) is 0.630. The largest absolute Gasteiger partial charge is 0.480 e. The van der Waals surface area contributed by atoms with Crippen LogP contribution in [-0.4, -0.2) is 30.1 Å². The van der Waals surface area contributed by atoms with Crippen LogP contribution in [-0.2, 0) is 20.9 Å². The molecule has 2 rings (SSSR count). The van der Waals surface area contributed by atoms with E-state index in [2.05, 4.69) is 5.32 Å². The van der Waals surface area contributed by atoms with Gasteiger partial charge in [0.2, 0.25) is 0 Å². The Morgan fingerprint density at radius 1 is 1.32 bits per heavy atom. The minimum Gasteiger partial charge on any atom is -0.480 e. The molecule has 1 saturated heterocycles. The summed E-state index contributed by atoms with van der Waals surface area (Å²) in [5, 5.41) is 12.3. The molecule has 0 bridgehead atoms. The van der Waals surface area contributed by atoms with Crippen molar-refractivity contribution in [3.8, 4) is 0 Å². The topological polar surface area (TPSA) is 75.6 Å². The zero-order valence-corrected chi connectivity index (χ0v) is 10.6. The van der Waals surface area contributed by atoms with Crippen molar-refractivity contribution in [3.05, 3.63) is 35.9 Å². The highest BCUT2D eigenvalue weighted by atomic mass is 16.5. The van der Waals surface area contributed by atoms with Crippen LogP contribution < -0.4 is 5.32 Å². The van der Waals surface area contributed by atoms with Crippen LogP contribution in [0.1, 0.15) is 18.4 Å². The van der Waals surface area contributed by atoms with Crippen molar-refractivity contribution in [2.45, 2.75) is 19.4 Å². The van der Waals surface area contributed by atoms with E-state index in [1.807, 2.05) is 30.3 Å². The number of aliphatic carboxylic acids is 1. The third-order valence-electron chi connectivity index (χ3n) is 3.40. The Kier molecular flexibility index (Phi) is 4.16. The number of ether oxygens (including phenoxy) is 1. The fraction of sp³-hybridized carbons (Fsp3) is 0.429. The van der Waals surface area contributed by atoms with Gasteiger partial charge in [-0.15, -0.1) is 0 Å². The molecule has 0 saturated carbocycles. The number of nitrogens with one attached hydrogen (secondary N) is 1. The van der Waals surface area contributed by atoms with Gasteiger partial charge < -0.3 is 15.2 Å². The van der Waals surface area contributed by atoms with Crippen LogP contribution in [0.5, 0.6) is 0 Å². The number of rotatable bonds is 4. The normalized spacial score (nSPS) is 22.7. The molecule has 1 aromatic rings. The standard InChI is InChI=1S/C14H17NO4/c16-12(17)14(7-4-8-15-10-14)13(18)19-9-11-5-2-1-3-6-11/h1-3,5-6,15H,4,7-10H2,(H,16,17)/t14-/m0/s1. The SMILES string of the molecule is O=C(O)[C@]1(C(=O)OCc2ccccc2)CCCNC1. The first kappa shape index (κ1) is 13.5. The van der Waals surface area contributed by atoms with Crippen molar-refractivity contribution in [1.82, 2.24) is 5.32 Å².